The molecule has 0 aliphatic heterocycles. The molecule has 0 fully saturated rings. The molecule has 0 aliphatic rings. The first-order valence-electron chi connectivity index (χ1n) is 4.51. The molecule has 1 N–H and O–H groups in total. The molecule has 14 heavy (non-hydrogen) atoms. The average molecular weight is 221 g/mol. The number of nitrogens with one attached hydrogen (secondary N) is 1. The van der Waals surface area contributed by atoms with Gasteiger partial charge in [-0.15, -0.1) is 0 Å². The van der Waals surface area contributed by atoms with Gasteiger partial charge in [-0.05, 0) is 20.8 Å². The van der Waals surface area contributed by atoms with E-state index >= 15 is 0 Å². The Morgan fingerprint density at radius 1 is 1.50 bits per heavy atom. The van der Waals surface area contributed by atoms with Crippen LogP contribution in [-0.4, -0.2) is 33.9 Å². The zero-order chi connectivity index (χ0) is 11.2. The van der Waals surface area contributed by atoms with Gasteiger partial charge in [0.05, 0.1) is 11.9 Å². The molecule has 0 aromatic carbocycles. The summed E-state index contributed by atoms with van der Waals surface area (Å²) in [5, 5.41) is 0. The van der Waals surface area contributed by atoms with Crippen molar-refractivity contribution in [2.75, 3.05) is 19.4 Å². The molecule has 0 radical (unpaired) electrons. The lowest BCUT2D eigenvalue weighted by atomic mass is 10.3. The average Bonchev–Trinajstić information content (AvgIpc) is 2.02. The number of hydrogen-bond donors (Lipinski definition) is 1. The Hall–Kier alpha value is -0.390. The van der Waals surface area contributed by atoms with Gasteiger partial charge in [-0.25, -0.2) is 13.1 Å². The molecule has 0 saturated carbocycles. The summed E-state index contributed by atoms with van der Waals surface area (Å²) >= 11 is 0. The fourth-order valence-electron chi connectivity index (χ4n) is 0.809. The standard InChI is InChI=1S/C9H19NO3S/c1-8(2)5-6-10-14(11,12)7-9(3)13-4/h5,9-10H,6-7H2,1-4H3/t9-/m0/s1. The lowest BCUT2D eigenvalue weighted by molar-refractivity contribution is 0.136. The Balaban J connectivity index is 4.03. The van der Waals surface area contributed by atoms with Crippen molar-refractivity contribution in [2.24, 2.45) is 0 Å². The predicted octanol–water partition coefficient (Wildman–Crippen LogP) is 0.907. The van der Waals surface area contributed by atoms with Crippen molar-refractivity contribution in [2.45, 2.75) is 26.9 Å². The monoisotopic (exact) mass is 221 g/mol. The third kappa shape index (κ3) is 7.06. The topological polar surface area (TPSA) is 55.4 Å². The van der Waals surface area contributed by atoms with E-state index in [1.54, 1.807) is 6.92 Å². The molecule has 0 amide bonds. The highest BCUT2D eigenvalue weighted by Crippen LogP contribution is 1.94. The van der Waals surface area contributed by atoms with E-state index in [-0.39, 0.29) is 11.9 Å². The van der Waals surface area contributed by atoms with E-state index in [1.807, 2.05) is 19.9 Å². The zero-order valence-electron chi connectivity index (χ0n) is 9.20. The van der Waals surface area contributed by atoms with Crippen molar-refractivity contribution in [3.05, 3.63) is 11.6 Å². The summed E-state index contributed by atoms with van der Waals surface area (Å²) in [5.74, 6) is 0.000101. The van der Waals surface area contributed by atoms with E-state index < -0.39 is 10.0 Å². The fourth-order valence-corrected chi connectivity index (χ4v) is 2.02. The van der Waals surface area contributed by atoms with Crippen LogP contribution in [0.5, 0.6) is 0 Å². The molecule has 0 bridgehead atoms. The molecule has 1 atom stereocenters. The smallest absolute Gasteiger partial charge is 0.214 e. The van der Waals surface area contributed by atoms with Gasteiger partial charge in [-0.1, -0.05) is 11.6 Å². The van der Waals surface area contributed by atoms with Crippen LogP contribution in [0.4, 0.5) is 0 Å². The van der Waals surface area contributed by atoms with Crippen LogP contribution in [0.25, 0.3) is 0 Å². The van der Waals surface area contributed by atoms with Crippen LogP contribution in [0.3, 0.4) is 0 Å². The molecule has 0 heterocycles. The molecule has 0 aromatic rings. The van der Waals surface area contributed by atoms with Crippen molar-refractivity contribution >= 4 is 10.0 Å². The van der Waals surface area contributed by atoms with Gasteiger partial charge in [0.1, 0.15) is 0 Å². The minimum absolute atomic E-state index is 0.000101. The number of hydrogen-bond acceptors (Lipinski definition) is 3. The minimum Gasteiger partial charge on any atom is -0.381 e. The fraction of sp³-hybridized carbons (Fsp3) is 0.778. The third-order valence-corrected chi connectivity index (χ3v) is 3.18. The maximum absolute atomic E-state index is 11.4. The van der Waals surface area contributed by atoms with Crippen LogP contribution in [0.2, 0.25) is 0 Å². The number of sulfonamides is 1. The van der Waals surface area contributed by atoms with Gasteiger partial charge in [0, 0.05) is 13.7 Å². The molecular weight excluding hydrogens is 202 g/mol. The molecular formula is C9H19NO3S. The molecule has 0 spiro atoms. The normalized spacial score (nSPS) is 13.7. The number of allylic oxidation sites excluding steroid dienone is 1. The Morgan fingerprint density at radius 3 is 2.50 bits per heavy atom. The van der Waals surface area contributed by atoms with Crippen LogP contribution in [-0.2, 0) is 14.8 Å². The van der Waals surface area contributed by atoms with Gasteiger partial charge < -0.3 is 4.74 Å². The van der Waals surface area contributed by atoms with Gasteiger partial charge >= 0.3 is 0 Å². The Bertz CT molecular complexity index is 278. The van der Waals surface area contributed by atoms with Crippen LogP contribution >= 0.6 is 0 Å². The maximum Gasteiger partial charge on any atom is 0.214 e. The highest BCUT2D eigenvalue weighted by atomic mass is 32.2. The molecule has 5 heteroatoms. The summed E-state index contributed by atoms with van der Waals surface area (Å²) in [5.41, 5.74) is 1.09. The van der Waals surface area contributed by atoms with Gasteiger partial charge in [0.15, 0.2) is 0 Å². The summed E-state index contributed by atoms with van der Waals surface area (Å²) in [6.45, 7) is 5.92. The van der Waals surface area contributed by atoms with Gasteiger partial charge in [0.25, 0.3) is 0 Å². The van der Waals surface area contributed by atoms with E-state index in [9.17, 15) is 8.42 Å². The number of methoxy groups -OCH3 is 1. The van der Waals surface area contributed by atoms with Crippen LogP contribution in [0.15, 0.2) is 11.6 Å². The van der Waals surface area contributed by atoms with E-state index in [4.69, 9.17) is 4.74 Å². The summed E-state index contributed by atoms with van der Waals surface area (Å²) in [7, 11) is -1.71. The molecule has 0 aromatic heterocycles. The molecule has 84 valence electrons. The molecule has 4 nitrogen and oxygen atoms in total. The second kappa shape index (κ2) is 6.16. The van der Waals surface area contributed by atoms with Crippen LogP contribution < -0.4 is 4.72 Å². The molecule has 0 saturated heterocycles. The Labute approximate surface area is 86.4 Å². The summed E-state index contributed by atoms with van der Waals surface area (Å²) in [4.78, 5) is 0. The second-order valence-corrected chi connectivity index (χ2v) is 5.31. The summed E-state index contributed by atoms with van der Waals surface area (Å²) in [6.07, 6.45) is 1.55. The van der Waals surface area contributed by atoms with Gasteiger partial charge in [0.2, 0.25) is 10.0 Å². The highest BCUT2D eigenvalue weighted by molar-refractivity contribution is 7.89. The quantitative estimate of drug-likeness (QED) is 0.678. The maximum atomic E-state index is 11.4. The Morgan fingerprint density at radius 2 is 2.07 bits per heavy atom. The van der Waals surface area contributed by atoms with Crippen LogP contribution in [0, 0.1) is 0 Å². The lowest BCUT2D eigenvalue weighted by Gasteiger charge is -2.10. The first-order chi connectivity index (χ1) is 6.37. The largest absolute Gasteiger partial charge is 0.381 e. The van der Waals surface area contributed by atoms with E-state index in [1.165, 1.54) is 7.11 Å². The second-order valence-electron chi connectivity index (χ2n) is 3.46. The zero-order valence-corrected chi connectivity index (χ0v) is 10.0. The van der Waals surface area contributed by atoms with E-state index in [2.05, 4.69) is 4.72 Å². The predicted molar refractivity (Wildman–Crippen MR) is 57.7 cm³/mol. The summed E-state index contributed by atoms with van der Waals surface area (Å²) < 4.78 is 30.1. The molecule has 0 aliphatic carbocycles. The number of ether oxygens (including phenoxy) is 1. The van der Waals surface area contributed by atoms with E-state index in [0.717, 1.165) is 5.57 Å². The first-order valence-corrected chi connectivity index (χ1v) is 6.16. The van der Waals surface area contributed by atoms with Crippen molar-refractivity contribution in [1.29, 1.82) is 0 Å². The van der Waals surface area contributed by atoms with Gasteiger partial charge in [-0.3, -0.25) is 0 Å². The molecule has 0 unspecified atom stereocenters. The van der Waals surface area contributed by atoms with Crippen molar-refractivity contribution < 1.29 is 13.2 Å². The lowest BCUT2D eigenvalue weighted by Crippen LogP contribution is -2.31. The van der Waals surface area contributed by atoms with Gasteiger partial charge in [-0.2, -0.15) is 0 Å². The number of rotatable bonds is 6. The minimum atomic E-state index is -3.21. The van der Waals surface area contributed by atoms with Crippen molar-refractivity contribution in [1.82, 2.24) is 4.72 Å². The highest BCUT2D eigenvalue weighted by Gasteiger charge is 2.13. The Kier molecular flexibility index (Phi) is 5.99. The van der Waals surface area contributed by atoms with E-state index in [0.29, 0.717) is 6.54 Å². The van der Waals surface area contributed by atoms with Crippen molar-refractivity contribution in [3.8, 4) is 0 Å². The third-order valence-electron chi connectivity index (χ3n) is 1.67. The molecule has 0 rings (SSSR count). The SMILES string of the molecule is CO[C@@H](C)CS(=O)(=O)NCC=C(C)C. The summed E-state index contributed by atoms with van der Waals surface area (Å²) in [6, 6.07) is 0. The first kappa shape index (κ1) is 13.6. The van der Waals surface area contributed by atoms with Crippen LogP contribution in [0.1, 0.15) is 20.8 Å². The van der Waals surface area contributed by atoms with Crippen molar-refractivity contribution in [3.63, 3.8) is 0 Å².